The Bertz CT molecular complexity index is 350. The summed E-state index contributed by atoms with van der Waals surface area (Å²) < 4.78 is 1.16. The minimum absolute atomic E-state index is 0. The number of benzene rings is 1. The number of hydrogen-bond donors (Lipinski definition) is 0. The fourth-order valence-electron chi connectivity index (χ4n) is 2.77. The van der Waals surface area contributed by atoms with E-state index < -0.39 is 0 Å². The van der Waals surface area contributed by atoms with Gasteiger partial charge in [-0.1, -0.05) is 62.9 Å². The monoisotopic (exact) mass is 311 g/mol. The molecule has 2 heteroatoms. The molecule has 21 heavy (non-hydrogen) atoms. The largest absolute Gasteiger partial charge is 1.00 e. The van der Waals surface area contributed by atoms with E-state index in [2.05, 4.69) is 58.2 Å². The van der Waals surface area contributed by atoms with Gasteiger partial charge in [-0.3, -0.25) is 0 Å². The summed E-state index contributed by atoms with van der Waals surface area (Å²) in [6.07, 6.45) is 8.34. The second-order valence-electron chi connectivity index (χ2n) is 6.71. The molecule has 1 aromatic carbocycles. The molecule has 0 N–H and O–H groups in total. The molecule has 0 radical (unpaired) electrons. The molecule has 1 unspecified atom stereocenters. The standard InChI is InChI=1S/C19H34N.ClH/c1-5-6-7-8-9-13-16-20(4,18(2)3)17-19-14-11-10-12-15-19;/h10-12,14-15,18H,5-9,13,16-17H2,1-4H3;1H/q+1;/p-1. The molecule has 0 aliphatic carbocycles. The zero-order valence-electron chi connectivity index (χ0n) is 14.4. The van der Waals surface area contributed by atoms with E-state index in [9.17, 15) is 0 Å². The van der Waals surface area contributed by atoms with E-state index >= 15 is 0 Å². The minimum Gasteiger partial charge on any atom is -1.00 e. The molecule has 0 aliphatic heterocycles. The van der Waals surface area contributed by atoms with E-state index in [0.29, 0.717) is 6.04 Å². The first-order valence-electron chi connectivity index (χ1n) is 8.46. The van der Waals surface area contributed by atoms with Crippen LogP contribution in [0.2, 0.25) is 0 Å². The molecule has 1 rings (SSSR count). The number of hydrogen-bond acceptors (Lipinski definition) is 0. The molecule has 0 amide bonds. The SMILES string of the molecule is CCCCCCCC[N+](C)(Cc1ccccc1)C(C)C.[Cl-]. The Morgan fingerprint density at radius 1 is 0.905 bits per heavy atom. The Labute approximate surface area is 138 Å². The van der Waals surface area contributed by atoms with Gasteiger partial charge in [0, 0.05) is 5.56 Å². The van der Waals surface area contributed by atoms with Crippen molar-refractivity contribution in [1.82, 2.24) is 0 Å². The highest BCUT2D eigenvalue weighted by molar-refractivity contribution is 5.13. The van der Waals surface area contributed by atoms with Crippen molar-refractivity contribution in [3.05, 3.63) is 35.9 Å². The molecule has 0 aromatic heterocycles. The first-order valence-corrected chi connectivity index (χ1v) is 8.46. The second-order valence-corrected chi connectivity index (χ2v) is 6.71. The summed E-state index contributed by atoms with van der Waals surface area (Å²) in [5.74, 6) is 0. The lowest BCUT2D eigenvalue weighted by Crippen LogP contribution is -3.00. The topological polar surface area (TPSA) is 0 Å². The predicted octanol–water partition coefficient (Wildman–Crippen LogP) is 2.41. The molecule has 0 spiro atoms. The van der Waals surface area contributed by atoms with Crippen LogP contribution in [0, 0.1) is 0 Å². The summed E-state index contributed by atoms with van der Waals surface area (Å²) >= 11 is 0. The lowest BCUT2D eigenvalue weighted by molar-refractivity contribution is -0.942. The Morgan fingerprint density at radius 3 is 2.05 bits per heavy atom. The maximum atomic E-state index is 2.42. The third kappa shape index (κ3) is 7.87. The third-order valence-corrected chi connectivity index (χ3v) is 4.66. The summed E-state index contributed by atoms with van der Waals surface area (Å²) in [4.78, 5) is 0. The lowest BCUT2D eigenvalue weighted by Gasteiger charge is -2.39. The van der Waals surface area contributed by atoms with Crippen LogP contribution in [0.25, 0.3) is 0 Å². The quantitative estimate of drug-likeness (QED) is 0.460. The third-order valence-electron chi connectivity index (χ3n) is 4.66. The van der Waals surface area contributed by atoms with Gasteiger partial charge in [0.1, 0.15) is 6.54 Å². The van der Waals surface area contributed by atoms with Crippen molar-refractivity contribution < 1.29 is 16.9 Å². The van der Waals surface area contributed by atoms with E-state index in [1.54, 1.807) is 0 Å². The average Bonchev–Trinajstić information content (AvgIpc) is 2.43. The van der Waals surface area contributed by atoms with Gasteiger partial charge in [-0.2, -0.15) is 0 Å². The molecule has 1 nitrogen and oxygen atoms in total. The number of unbranched alkanes of at least 4 members (excludes halogenated alkanes) is 5. The fourth-order valence-corrected chi connectivity index (χ4v) is 2.77. The first-order chi connectivity index (χ1) is 9.58. The smallest absolute Gasteiger partial charge is 0.104 e. The van der Waals surface area contributed by atoms with Crippen LogP contribution in [0.3, 0.4) is 0 Å². The maximum Gasteiger partial charge on any atom is 0.104 e. The van der Waals surface area contributed by atoms with Crippen molar-refractivity contribution in [3.8, 4) is 0 Å². The molecule has 0 bridgehead atoms. The van der Waals surface area contributed by atoms with Crippen LogP contribution in [0.4, 0.5) is 0 Å². The van der Waals surface area contributed by atoms with Crippen molar-refractivity contribution in [1.29, 1.82) is 0 Å². The molecular formula is C19H34ClN. The van der Waals surface area contributed by atoms with Gasteiger partial charge in [0.15, 0.2) is 0 Å². The average molecular weight is 312 g/mol. The van der Waals surface area contributed by atoms with Crippen LogP contribution in [-0.4, -0.2) is 24.1 Å². The molecule has 0 heterocycles. The van der Waals surface area contributed by atoms with Gasteiger partial charge < -0.3 is 16.9 Å². The molecule has 0 aliphatic rings. The van der Waals surface area contributed by atoms with Crippen LogP contribution >= 0.6 is 0 Å². The molecule has 0 saturated heterocycles. The molecule has 1 atom stereocenters. The van der Waals surface area contributed by atoms with Crippen LogP contribution in [0.15, 0.2) is 30.3 Å². The van der Waals surface area contributed by atoms with E-state index in [1.807, 2.05) is 0 Å². The second kappa shape index (κ2) is 11.1. The Morgan fingerprint density at radius 2 is 1.48 bits per heavy atom. The molecular weight excluding hydrogens is 278 g/mol. The van der Waals surface area contributed by atoms with Gasteiger partial charge in [0.05, 0.1) is 19.6 Å². The Hall–Kier alpha value is -0.530. The zero-order valence-corrected chi connectivity index (χ0v) is 15.2. The van der Waals surface area contributed by atoms with Crippen LogP contribution in [0.5, 0.6) is 0 Å². The highest BCUT2D eigenvalue weighted by Gasteiger charge is 2.25. The highest BCUT2D eigenvalue weighted by atomic mass is 35.5. The number of nitrogens with zero attached hydrogens (tertiary/aromatic N) is 1. The van der Waals surface area contributed by atoms with E-state index in [1.165, 1.54) is 50.6 Å². The first kappa shape index (κ1) is 20.5. The van der Waals surface area contributed by atoms with Crippen LogP contribution in [-0.2, 0) is 6.54 Å². The van der Waals surface area contributed by atoms with Gasteiger partial charge in [-0.15, -0.1) is 0 Å². The van der Waals surface area contributed by atoms with Gasteiger partial charge in [0.25, 0.3) is 0 Å². The van der Waals surface area contributed by atoms with Crippen LogP contribution in [0.1, 0.15) is 64.9 Å². The zero-order chi connectivity index (χ0) is 14.8. The summed E-state index contributed by atoms with van der Waals surface area (Å²) in [5, 5.41) is 0. The predicted molar refractivity (Wildman–Crippen MR) is 89.7 cm³/mol. The lowest BCUT2D eigenvalue weighted by atomic mass is 10.1. The van der Waals surface area contributed by atoms with Crippen molar-refractivity contribution in [2.45, 2.75) is 71.9 Å². The number of rotatable bonds is 10. The van der Waals surface area contributed by atoms with E-state index in [0.717, 1.165) is 11.0 Å². The van der Waals surface area contributed by atoms with Crippen molar-refractivity contribution in [2.24, 2.45) is 0 Å². The number of quaternary nitrogens is 1. The van der Waals surface area contributed by atoms with Gasteiger partial charge in [0.2, 0.25) is 0 Å². The molecule has 1 aromatic rings. The van der Waals surface area contributed by atoms with Crippen molar-refractivity contribution in [3.63, 3.8) is 0 Å². The summed E-state index contributed by atoms with van der Waals surface area (Å²) in [7, 11) is 2.42. The molecule has 0 saturated carbocycles. The van der Waals surface area contributed by atoms with Gasteiger partial charge >= 0.3 is 0 Å². The Kier molecular flexibility index (Phi) is 10.8. The number of halogens is 1. The van der Waals surface area contributed by atoms with Crippen molar-refractivity contribution in [2.75, 3.05) is 13.6 Å². The van der Waals surface area contributed by atoms with E-state index in [-0.39, 0.29) is 12.4 Å². The maximum absolute atomic E-state index is 2.42. The highest BCUT2D eigenvalue weighted by Crippen LogP contribution is 2.19. The fraction of sp³-hybridized carbons (Fsp3) is 0.684. The summed E-state index contributed by atoms with van der Waals surface area (Å²) in [6.45, 7) is 9.47. The van der Waals surface area contributed by atoms with Gasteiger partial charge in [-0.25, -0.2) is 0 Å². The van der Waals surface area contributed by atoms with Gasteiger partial charge in [-0.05, 0) is 26.7 Å². The molecule has 0 fully saturated rings. The van der Waals surface area contributed by atoms with Crippen molar-refractivity contribution >= 4 is 0 Å². The van der Waals surface area contributed by atoms with Crippen LogP contribution < -0.4 is 12.4 Å². The molecule has 122 valence electrons. The minimum atomic E-state index is 0. The summed E-state index contributed by atoms with van der Waals surface area (Å²) in [6, 6.07) is 11.6. The normalized spacial score (nSPS) is 13.8. The summed E-state index contributed by atoms with van der Waals surface area (Å²) in [5.41, 5.74) is 1.47. The van der Waals surface area contributed by atoms with E-state index in [4.69, 9.17) is 0 Å². The Balaban J connectivity index is 0.00000400.